The minimum atomic E-state index is -0.302. The Kier molecular flexibility index (Phi) is 4.55. The van der Waals surface area contributed by atoms with Gasteiger partial charge in [0, 0.05) is 18.3 Å². The summed E-state index contributed by atoms with van der Waals surface area (Å²) in [6, 6.07) is 13.6. The molecule has 0 saturated heterocycles. The van der Waals surface area contributed by atoms with Crippen LogP contribution in [-0.4, -0.2) is 11.5 Å². The maximum Gasteiger partial charge on any atom is 0.292 e. The Labute approximate surface area is 156 Å². The van der Waals surface area contributed by atoms with Crippen molar-refractivity contribution in [3.8, 4) is 0 Å². The number of para-hydroxylation sites is 2. The highest BCUT2D eigenvalue weighted by molar-refractivity contribution is 5.73. The largest absolute Gasteiger partial charge is 0.336 e. The number of benzene rings is 2. The topological polar surface area (TPSA) is 46.4 Å². The van der Waals surface area contributed by atoms with Crippen LogP contribution >= 0.6 is 0 Å². The minimum absolute atomic E-state index is 0.114. The number of rotatable bonds is 4. The highest BCUT2D eigenvalue weighted by Crippen LogP contribution is 2.47. The molecule has 0 spiro atoms. The van der Waals surface area contributed by atoms with Gasteiger partial charge in [0.2, 0.25) is 0 Å². The van der Waals surface area contributed by atoms with Crippen LogP contribution in [0.3, 0.4) is 0 Å². The van der Waals surface area contributed by atoms with Crippen LogP contribution in [0.2, 0.25) is 0 Å². The van der Waals surface area contributed by atoms with E-state index in [4.69, 9.17) is 0 Å². The van der Waals surface area contributed by atoms with Crippen molar-refractivity contribution in [1.82, 2.24) is 0 Å². The SMILES string of the molecule is CCN(c1ccc2c(c1)C(C)(C)CCC2(C)C)c1ccccc1[N+](=O)[O-]. The van der Waals surface area contributed by atoms with Crippen LogP contribution in [0.4, 0.5) is 17.1 Å². The zero-order valence-corrected chi connectivity index (χ0v) is 16.4. The van der Waals surface area contributed by atoms with Crippen LogP contribution in [0.1, 0.15) is 58.6 Å². The molecule has 0 heterocycles. The van der Waals surface area contributed by atoms with Gasteiger partial charge in [0.15, 0.2) is 0 Å². The second kappa shape index (κ2) is 6.42. The van der Waals surface area contributed by atoms with Crippen LogP contribution in [0.5, 0.6) is 0 Å². The van der Waals surface area contributed by atoms with E-state index in [1.165, 1.54) is 17.5 Å². The summed E-state index contributed by atoms with van der Waals surface area (Å²) in [5, 5.41) is 11.5. The highest BCUT2D eigenvalue weighted by atomic mass is 16.6. The van der Waals surface area contributed by atoms with E-state index in [2.05, 4.69) is 45.9 Å². The summed E-state index contributed by atoms with van der Waals surface area (Å²) < 4.78 is 0. The molecule has 1 aliphatic carbocycles. The van der Waals surface area contributed by atoms with Crippen molar-refractivity contribution >= 4 is 17.1 Å². The van der Waals surface area contributed by atoms with Crippen LogP contribution < -0.4 is 4.90 Å². The standard InChI is InChI=1S/C22H28N2O2/c1-6-23(19-9-7-8-10-20(19)24(25)26)16-11-12-17-18(15-16)22(4,5)14-13-21(17,2)3/h7-12,15H,6,13-14H2,1-5H3. The Bertz CT molecular complexity index is 840. The molecule has 138 valence electrons. The number of hydrogen-bond donors (Lipinski definition) is 0. The molecule has 0 bridgehead atoms. The van der Waals surface area contributed by atoms with Crippen molar-refractivity contribution in [3.63, 3.8) is 0 Å². The number of nitro groups is 1. The molecular weight excluding hydrogens is 324 g/mol. The minimum Gasteiger partial charge on any atom is -0.336 e. The molecule has 3 rings (SSSR count). The van der Waals surface area contributed by atoms with Crippen molar-refractivity contribution < 1.29 is 4.92 Å². The van der Waals surface area contributed by atoms with Gasteiger partial charge in [-0.25, -0.2) is 0 Å². The van der Waals surface area contributed by atoms with Gasteiger partial charge in [-0.1, -0.05) is 45.9 Å². The summed E-state index contributed by atoms with van der Waals surface area (Å²) in [7, 11) is 0. The third-order valence-corrected chi connectivity index (χ3v) is 5.83. The third-order valence-electron chi connectivity index (χ3n) is 5.83. The molecule has 0 fully saturated rings. The Morgan fingerprint density at radius 3 is 2.23 bits per heavy atom. The summed E-state index contributed by atoms with van der Waals surface area (Å²) >= 11 is 0. The molecule has 0 aromatic heterocycles. The second-order valence-corrected chi connectivity index (χ2v) is 8.49. The lowest BCUT2D eigenvalue weighted by atomic mass is 9.63. The number of anilines is 2. The Morgan fingerprint density at radius 1 is 1.00 bits per heavy atom. The van der Waals surface area contributed by atoms with E-state index in [1.807, 2.05) is 24.0 Å². The molecule has 4 nitrogen and oxygen atoms in total. The van der Waals surface area contributed by atoms with E-state index in [-0.39, 0.29) is 21.4 Å². The van der Waals surface area contributed by atoms with Crippen molar-refractivity contribution in [2.24, 2.45) is 0 Å². The lowest BCUT2D eigenvalue weighted by Crippen LogP contribution is -2.34. The number of nitro benzene ring substituents is 1. The first-order valence-electron chi connectivity index (χ1n) is 9.33. The Balaban J connectivity index is 2.14. The van der Waals surface area contributed by atoms with Gasteiger partial charge in [-0.05, 0) is 59.9 Å². The van der Waals surface area contributed by atoms with Gasteiger partial charge >= 0.3 is 0 Å². The first-order valence-corrected chi connectivity index (χ1v) is 9.33. The van der Waals surface area contributed by atoms with Gasteiger partial charge in [0.25, 0.3) is 5.69 Å². The fourth-order valence-corrected chi connectivity index (χ4v) is 4.08. The molecule has 1 aliphatic rings. The summed E-state index contributed by atoms with van der Waals surface area (Å²) in [5.74, 6) is 0. The predicted octanol–water partition coefficient (Wildman–Crippen LogP) is 6.10. The Hall–Kier alpha value is -2.36. The summed E-state index contributed by atoms with van der Waals surface area (Å²) in [4.78, 5) is 13.2. The molecule has 2 aromatic rings. The lowest BCUT2D eigenvalue weighted by Gasteiger charge is -2.42. The maximum atomic E-state index is 11.5. The van der Waals surface area contributed by atoms with E-state index in [0.29, 0.717) is 12.2 Å². The molecule has 0 unspecified atom stereocenters. The molecular formula is C22H28N2O2. The molecule has 0 saturated carbocycles. The molecule has 0 amide bonds. The van der Waals surface area contributed by atoms with E-state index in [9.17, 15) is 10.1 Å². The zero-order chi connectivity index (χ0) is 19.1. The van der Waals surface area contributed by atoms with E-state index >= 15 is 0 Å². The molecule has 0 radical (unpaired) electrons. The zero-order valence-electron chi connectivity index (χ0n) is 16.4. The smallest absolute Gasteiger partial charge is 0.292 e. The molecule has 2 aromatic carbocycles. The molecule has 0 aliphatic heterocycles. The lowest BCUT2D eigenvalue weighted by molar-refractivity contribution is -0.384. The average molecular weight is 352 g/mol. The number of hydrogen-bond acceptors (Lipinski definition) is 3. The average Bonchev–Trinajstić information content (AvgIpc) is 2.60. The highest BCUT2D eigenvalue weighted by Gasteiger charge is 2.37. The van der Waals surface area contributed by atoms with Gasteiger partial charge < -0.3 is 4.90 Å². The van der Waals surface area contributed by atoms with E-state index in [0.717, 1.165) is 12.1 Å². The van der Waals surface area contributed by atoms with Gasteiger partial charge in [-0.2, -0.15) is 0 Å². The van der Waals surface area contributed by atoms with E-state index < -0.39 is 0 Å². The molecule has 4 heteroatoms. The van der Waals surface area contributed by atoms with Gasteiger partial charge in [0.05, 0.1) is 4.92 Å². The van der Waals surface area contributed by atoms with Crippen molar-refractivity contribution in [2.75, 3.05) is 11.4 Å². The fraction of sp³-hybridized carbons (Fsp3) is 0.455. The summed E-state index contributed by atoms with van der Waals surface area (Å²) in [6.45, 7) is 11.9. The van der Waals surface area contributed by atoms with Crippen LogP contribution in [0.25, 0.3) is 0 Å². The van der Waals surface area contributed by atoms with Crippen molar-refractivity contribution in [2.45, 2.75) is 58.3 Å². The number of fused-ring (bicyclic) bond motifs is 1. The second-order valence-electron chi connectivity index (χ2n) is 8.49. The first-order chi connectivity index (χ1) is 12.2. The maximum absolute atomic E-state index is 11.5. The van der Waals surface area contributed by atoms with E-state index in [1.54, 1.807) is 12.1 Å². The molecule has 0 atom stereocenters. The van der Waals surface area contributed by atoms with Crippen molar-refractivity contribution in [1.29, 1.82) is 0 Å². The fourth-order valence-electron chi connectivity index (χ4n) is 4.08. The first kappa shape index (κ1) is 18.4. The predicted molar refractivity (Wildman–Crippen MR) is 108 cm³/mol. The molecule has 26 heavy (non-hydrogen) atoms. The van der Waals surface area contributed by atoms with Gasteiger partial charge in [-0.15, -0.1) is 0 Å². The molecule has 0 N–H and O–H groups in total. The normalized spacial score (nSPS) is 17.4. The van der Waals surface area contributed by atoms with Crippen LogP contribution in [0, 0.1) is 10.1 Å². The third kappa shape index (κ3) is 3.09. The monoisotopic (exact) mass is 352 g/mol. The number of nitrogens with zero attached hydrogens (tertiary/aromatic N) is 2. The van der Waals surface area contributed by atoms with Crippen LogP contribution in [-0.2, 0) is 10.8 Å². The van der Waals surface area contributed by atoms with Gasteiger partial charge in [0.1, 0.15) is 5.69 Å². The van der Waals surface area contributed by atoms with Crippen molar-refractivity contribution in [3.05, 3.63) is 63.7 Å². The van der Waals surface area contributed by atoms with Gasteiger partial charge in [-0.3, -0.25) is 10.1 Å². The Morgan fingerprint density at radius 2 is 1.62 bits per heavy atom. The summed E-state index contributed by atoms with van der Waals surface area (Å²) in [5.41, 5.74) is 4.85. The van der Waals surface area contributed by atoms with Crippen LogP contribution in [0.15, 0.2) is 42.5 Å². The quantitative estimate of drug-likeness (QED) is 0.493. The summed E-state index contributed by atoms with van der Waals surface area (Å²) in [6.07, 6.45) is 2.32.